The topological polar surface area (TPSA) is 38.3 Å². The Balaban J connectivity index is 3.20. The van der Waals surface area contributed by atoms with E-state index in [1.165, 1.54) is 0 Å². The SMILES string of the molecule is CCCCOCCCNC(=O)C(C)CCl. The molecule has 1 unspecified atom stereocenters. The smallest absolute Gasteiger partial charge is 0.224 e. The standard InChI is InChI=1S/C11H22ClNO2/c1-3-4-7-15-8-5-6-13-11(14)10(2)9-12/h10H,3-9H2,1-2H3,(H,13,14). The molecule has 0 aliphatic rings. The molecule has 0 aromatic carbocycles. The summed E-state index contributed by atoms with van der Waals surface area (Å²) in [6.45, 7) is 6.17. The molecule has 0 heterocycles. The predicted molar refractivity (Wildman–Crippen MR) is 63.2 cm³/mol. The van der Waals surface area contributed by atoms with Gasteiger partial charge >= 0.3 is 0 Å². The van der Waals surface area contributed by atoms with Crippen molar-refractivity contribution in [2.45, 2.75) is 33.1 Å². The molecule has 3 nitrogen and oxygen atoms in total. The molecule has 90 valence electrons. The van der Waals surface area contributed by atoms with Gasteiger partial charge in [-0.2, -0.15) is 0 Å². The fourth-order valence-electron chi connectivity index (χ4n) is 0.979. The quantitative estimate of drug-likeness (QED) is 0.492. The molecule has 1 amide bonds. The van der Waals surface area contributed by atoms with Gasteiger partial charge < -0.3 is 10.1 Å². The van der Waals surface area contributed by atoms with Crippen molar-refractivity contribution in [2.24, 2.45) is 5.92 Å². The van der Waals surface area contributed by atoms with E-state index >= 15 is 0 Å². The van der Waals surface area contributed by atoms with Gasteiger partial charge in [-0.05, 0) is 12.8 Å². The fraction of sp³-hybridized carbons (Fsp3) is 0.909. The number of halogens is 1. The normalized spacial score (nSPS) is 12.5. The van der Waals surface area contributed by atoms with Crippen molar-refractivity contribution < 1.29 is 9.53 Å². The van der Waals surface area contributed by atoms with Crippen LogP contribution < -0.4 is 5.32 Å². The largest absolute Gasteiger partial charge is 0.381 e. The minimum Gasteiger partial charge on any atom is -0.381 e. The van der Waals surface area contributed by atoms with Crippen LogP contribution >= 0.6 is 11.6 Å². The first-order valence-corrected chi connectivity index (χ1v) is 6.17. The van der Waals surface area contributed by atoms with Gasteiger partial charge in [0.15, 0.2) is 0 Å². The van der Waals surface area contributed by atoms with E-state index in [1.54, 1.807) is 0 Å². The van der Waals surface area contributed by atoms with Crippen LogP contribution in [0.2, 0.25) is 0 Å². The van der Waals surface area contributed by atoms with Gasteiger partial charge in [0.25, 0.3) is 0 Å². The van der Waals surface area contributed by atoms with Crippen LogP contribution in [0.1, 0.15) is 33.1 Å². The number of ether oxygens (including phenoxy) is 1. The molecular weight excluding hydrogens is 214 g/mol. The summed E-state index contributed by atoms with van der Waals surface area (Å²) in [4.78, 5) is 11.3. The van der Waals surface area contributed by atoms with Gasteiger partial charge in [-0.15, -0.1) is 11.6 Å². The number of nitrogens with one attached hydrogen (secondary N) is 1. The van der Waals surface area contributed by atoms with Gasteiger partial charge in [-0.3, -0.25) is 4.79 Å². The van der Waals surface area contributed by atoms with Crippen LogP contribution in [0, 0.1) is 5.92 Å². The Morgan fingerprint density at radius 1 is 1.40 bits per heavy atom. The Bertz CT molecular complexity index is 165. The van der Waals surface area contributed by atoms with Crippen LogP contribution in [0.5, 0.6) is 0 Å². The van der Waals surface area contributed by atoms with E-state index in [2.05, 4.69) is 12.2 Å². The molecule has 0 aliphatic carbocycles. The van der Waals surface area contributed by atoms with Gasteiger partial charge in [0.2, 0.25) is 5.91 Å². The zero-order chi connectivity index (χ0) is 11.5. The van der Waals surface area contributed by atoms with Gasteiger partial charge in [0.1, 0.15) is 0 Å². The minimum absolute atomic E-state index is 0.0264. The van der Waals surface area contributed by atoms with E-state index in [0.29, 0.717) is 12.4 Å². The lowest BCUT2D eigenvalue weighted by atomic mass is 10.2. The van der Waals surface area contributed by atoms with Crippen molar-refractivity contribution in [1.29, 1.82) is 0 Å². The maximum atomic E-state index is 11.3. The lowest BCUT2D eigenvalue weighted by Crippen LogP contribution is -2.31. The summed E-state index contributed by atoms with van der Waals surface area (Å²) in [6.07, 6.45) is 3.13. The molecule has 0 saturated carbocycles. The molecule has 0 aromatic heterocycles. The van der Waals surface area contributed by atoms with Crippen molar-refractivity contribution in [3.05, 3.63) is 0 Å². The molecule has 0 fully saturated rings. The summed E-state index contributed by atoms with van der Waals surface area (Å²) in [5, 5.41) is 2.82. The molecule has 0 aliphatic heterocycles. The van der Waals surface area contributed by atoms with Gasteiger partial charge in [-0.1, -0.05) is 20.3 Å². The van der Waals surface area contributed by atoms with Crippen LogP contribution in [0.4, 0.5) is 0 Å². The van der Waals surface area contributed by atoms with E-state index in [0.717, 1.165) is 32.5 Å². The van der Waals surface area contributed by atoms with E-state index in [1.807, 2.05) is 6.92 Å². The Morgan fingerprint density at radius 2 is 2.07 bits per heavy atom. The first-order valence-electron chi connectivity index (χ1n) is 5.63. The summed E-state index contributed by atoms with van der Waals surface area (Å²) in [7, 11) is 0. The molecule has 0 rings (SSSR count). The van der Waals surface area contributed by atoms with Crippen molar-refractivity contribution in [2.75, 3.05) is 25.6 Å². The average Bonchev–Trinajstić information content (AvgIpc) is 2.26. The second kappa shape index (κ2) is 10.2. The van der Waals surface area contributed by atoms with Crippen LogP contribution in [-0.4, -0.2) is 31.5 Å². The number of unbranched alkanes of at least 4 members (excludes halogenated alkanes) is 1. The summed E-state index contributed by atoms with van der Waals surface area (Å²) >= 11 is 5.56. The van der Waals surface area contributed by atoms with Gasteiger partial charge in [-0.25, -0.2) is 0 Å². The third kappa shape index (κ3) is 8.70. The Kier molecular flexibility index (Phi) is 10.1. The molecule has 1 N–H and O–H groups in total. The summed E-state index contributed by atoms with van der Waals surface area (Å²) < 4.78 is 5.37. The fourth-order valence-corrected chi connectivity index (χ4v) is 1.12. The lowest BCUT2D eigenvalue weighted by molar-refractivity contribution is -0.123. The van der Waals surface area contributed by atoms with Crippen LogP contribution in [0.3, 0.4) is 0 Å². The summed E-state index contributed by atoms with van der Waals surface area (Å²) in [5.74, 6) is 0.296. The highest BCUT2D eigenvalue weighted by atomic mass is 35.5. The van der Waals surface area contributed by atoms with Crippen molar-refractivity contribution in [1.82, 2.24) is 5.32 Å². The number of carbonyl (C=O) groups excluding carboxylic acids is 1. The zero-order valence-corrected chi connectivity index (χ0v) is 10.5. The van der Waals surface area contributed by atoms with Crippen molar-refractivity contribution >= 4 is 17.5 Å². The Hall–Kier alpha value is -0.280. The number of carbonyl (C=O) groups is 1. The second-order valence-corrected chi connectivity index (χ2v) is 3.97. The molecule has 0 bridgehead atoms. The third-order valence-electron chi connectivity index (χ3n) is 2.09. The molecule has 0 spiro atoms. The van der Waals surface area contributed by atoms with Crippen LogP contribution in [-0.2, 0) is 9.53 Å². The maximum Gasteiger partial charge on any atom is 0.224 e. The Labute approximate surface area is 97.5 Å². The molecular formula is C11H22ClNO2. The molecule has 0 radical (unpaired) electrons. The van der Waals surface area contributed by atoms with Crippen molar-refractivity contribution in [3.63, 3.8) is 0 Å². The van der Waals surface area contributed by atoms with E-state index < -0.39 is 0 Å². The number of rotatable bonds is 9. The number of alkyl halides is 1. The highest BCUT2D eigenvalue weighted by Crippen LogP contribution is 1.97. The first kappa shape index (κ1) is 14.7. The predicted octanol–water partition coefficient (Wildman–Crippen LogP) is 2.18. The van der Waals surface area contributed by atoms with Crippen LogP contribution in [0.25, 0.3) is 0 Å². The Morgan fingerprint density at radius 3 is 2.67 bits per heavy atom. The number of hydrogen-bond donors (Lipinski definition) is 1. The van der Waals surface area contributed by atoms with Gasteiger partial charge in [0, 0.05) is 31.6 Å². The van der Waals surface area contributed by atoms with E-state index in [-0.39, 0.29) is 11.8 Å². The van der Waals surface area contributed by atoms with E-state index in [9.17, 15) is 4.79 Å². The second-order valence-electron chi connectivity index (χ2n) is 3.67. The van der Waals surface area contributed by atoms with Crippen LogP contribution in [0.15, 0.2) is 0 Å². The third-order valence-corrected chi connectivity index (χ3v) is 2.55. The molecule has 4 heteroatoms. The lowest BCUT2D eigenvalue weighted by Gasteiger charge is -2.09. The van der Waals surface area contributed by atoms with Gasteiger partial charge in [0.05, 0.1) is 0 Å². The summed E-state index contributed by atoms with van der Waals surface area (Å²) in [6, 6.07) is 0. The molecule has 0 saturated heterocycles. The minimum atomic E-state index is -0.104. The number of amides is 1. The van der Waals surface area contributed by atoms with E-state index in [4.69, 9.17) is 16.3 Å². The average molecular weight is 236 g/mol. The molecule has 15 heavy (non-hydrogen) atoms. The molecule has 0 aromatic rings. The highest BCUT2D eigenvalue weighted by Gasteiger charge is 2.09. The first-order chi connectivity index (χ1) is 7.22. The monoisotopic (exact) mass is 235 g/mol. The maximum absolute atomic E-state index is 11.3. The zero-order valence-electron chi connectivity index (χ0n) is 9.72. The summed E-state index contributed by atoms with van der Waals surface area (Å²) in [5.41, 5.74) is 0. The number of hydrogen-bond acceptors (Lipinski definition) is 2. The van der Waals surface area contributed by atoms with Crippen molar-refractivity contribution in [3.8, 4) is 0 Å². The molecule has 1 atom stereocenters. The highest BCUT2D eigenvalue weighted by molar-refractivity contribution is 6.19.